The van der Waals surface area contributed by atoms with Crippen molar-refractivity contribution in [3.05, 3.63) is 65.5 Å². The van der Waals surface area contributed by atoms with E-state index in [1.54, 1.807) is 36.4 Å². The second kappa shape index (κ2) is 7.93. The van der Waals surface area contributed by atoms with Gasteiger partial charge in [0.15, 0.2) is 19.7 Å². The van der Waals surface area contributed by atoms with Crippen LogP contribution >= 0.6 is 0 Å². The van der Waals surface area contributed by atoms with Crippen molar-refractivity contribution >= 4 is 19.7 Å². The molecule has 1 aliphatic heterocycles. The van der Waals surface area contributed by atoms with Crippen LogP contribution in [0.3, 0.4) is 0 Å². The minimum atomic E-state index is -3.81. The van der Waals surface area contributed by atoms with Crippen molar-refractivity contribution in [2.45, 2.75) is 42.5 Å². The van der Waals surface area contributed by atoms with Crippen LogP contribution in [-0.2, 0) is 26.2 Å². The topological polar surface area (TPSA) is 80.3 Å². The molecule has 0 saturated carbocycles. The van der Waals surface area contributed by atoms with Crippen LogP contribution < -0.4 is 5.32 Å². The number of benzene rings is 2. The molecule has 1 saturated heterocycles. The molecule has 2 aromatic rings. The minimum Gasteiger partial charge on any atom is -0.308 e. The smallest absolute Gasteiger partial charge is 0.183 e. The Morgan fingerprint density at radius 2 is 1.64 bits per heavy atom. The van der Waals surface area contributed by atoms with Crippen LogP contribution in [0.15, 0.2) is 53.4 Å². The molecule has 0 unspecified atom stereocenters. The Balaban J connectivity index is 1.83. The molecular weight excluding hydrogens is 401 g/mol. The number of sulfone groups is 2. The van der Waals surface area contributed by atoms with Crippen LogP contribution in [0.5, 0.6) is 0 Å². The molecule has 0 bridgehead atoms. The fourth-order valence-electron chi connectivity index (χ4n) is 3.38. The van der Waals surface area contributed by atoms with E-state index in [0.29, 0.717) is 0 Å². The summed E-state index contributed by atoms with van der Waals surface area (Å²) in [4.78, 5) is 0.132. The Hall–Kier alpha value is -1.77. The van der Waals surface area contributed by atoms with E-state index in [4.69, 9.17) is 0 Å². The molecule has 1 fully saturated rings. The van der Waals surface area contributed by atoms with Crippen LogP contribution in [0.4, 0.5) is 4.39 Å². The molecule has 5 nitrogen and oxygen atoms in total. The Kier molecular flexibility index (Phi) is 5.93. The van der Waals surface area contributed by atoms with Crippen LogP contribution in [0.1, 0.15) is 30.9 Å². The van der Waals surface area contributed by atoms with E-state index in [1.165, 1.54) is 12.1 Å². The monoisotopic (exact) mass is 425 g/mol. The quantitative estimate of drug-likeness (QED) is 0.770. The van der Waals surface area contributed by atoms with Crippen molar-refractivity contribution in [2.75, 3.05) is 11.5 Å². The second-order valence-corrected chi connectivity index (χ2v) is 11.8. The summed E-state index contributed by atoms with van der Waals surface area (Å²) in [5.41, 5.74) is 1.77. The second-order valence-electron chi connectivity index (χ2n) is 7.50. The molecule has 152 valence electrons. The van der Waals surface area contributed by atoms with E-state index in [1.807, 2.05) is 13.8 Å². The van der Waals surface area contributed by atoms with Crippen LogP contribution in [0, 0.1) is 5.82 Å². The Morgan fingerprint density at radius 1 is 1.04 bits per heavy atom. The zero-order valence-corrected chi connectivity index (χ0v) is 17.4. The molecule has 1 aliphatic rings. The van der Waals surface area contributed by atoms with E-state index >= 15 is 0 Å². The highest BCUT2D eigenvalue weighted by Crippen LogP contribution is 2.27. The summed E-state index contributed by atoms with van der Waals surface area (Å²) in [6, 6.07) is 11.7. The van der Waals surface area contributed by atoms with Crippen LogP contribution in [0.2, 0.25) is 0 Å². The predicted molar refractivity (Wildman–Crippen MR) is 107 cm³/mol. The van der Waals surface area contributed by atoms with Gasteiger partial charge in [0.1, 0.15) is 5.82 Å². The average molecular weight is 426 g/mol. The van der Waals surface area contributed by atoms with Gasteiger partial charge in [0.2, 0.25) is 0 Å². The first-order valence-corrected chi connectivity index (χ1v) is 12.5. The van der Waals surface area contributed by atoms with Gasteiger partial charge in [-0.25, -0.2) is 21.2 Å². The normalized spacial score (nSPS) is 21.9. The molecule has 0 spiro atoms. The molecule has 2 aromatic carbocycles. The lowest BCUT2D eigenvalue weighted by Gasteiger charge is -2.20. The lowest BCUT2D eigenvalue weighted by atomic mass is 10.0. The Morgan fingerprint density at radius 3 is 2.21 bits per heavy atom. The maximum absolute atomic E-state index is 13.1. The van der Waals surface area contributed by atoms with E-state index in [-0.39, 0.29) is 28.9 Å². The van der Waals surface area contributed by atoms with Crippen molar-refractivity contribution < 1.29 is 21.2 Å². The minimum absolute atomic E-state index is 0.132. The Bertz CT molecular complexity index is 1030. The van der Waals surface area contributed by atoms with Gasteiger partial charge >= 0.3 is 0 Å². The number of hydrogen-bond acceptors (Lipinski definition) is 5. The van der Waals surface area contributed by atoms with Gasteiger partial charge in [0.25, 0.3) is 0 Å². The first kappa shape index (κ1) is 21.0. The summed E-state index contributed by atoms with van der Waals surface area (Å²) in [6.07, 6.45) is 0. The summed E-state index contributed by atoms with van der Waals surface area (Å²) >= 11 is 0. The molecule has 0 aliphatic carbocycles. The lowest BCUT2D eigenvalue weighted by Crippen LogP contribution is -2.43. The third-order valence-electron chi connectivity index (χ3n) is 5.06. The van der Waals surface area contributed by atoms with Gasteiger partial charge in [0, 0.05) is 12.6 Å². The Labute approximate surface area is 165 Å². The number of nitrogens with one attached hydrogen (secondary N) is 1. The van der Waals surface area contributed by atoms with Crippen molar-refractivity contribution in [3.8, 4) is 0 Å². The predicted octanol–water partition coefficient (Wildman–Crippen LogP) is 2.68. The van der Waals surface area contributed by atoms with Crippen molar-refractivity contribution in [3.63, 3.8) is 0 Å². The fourth-order valence-corrected chi connectivity index (χ4v) is 8.10. The molecule has 1 N–H and O–H groups in total. The number of hydrogen-bond donors (Lipinski definition) is 1. The molecule has 1 heterocycles. The largest absolute Gasteiger partial charge is 0.308 e. The molecule has 0 aromatic heterocycles. The fraction of sp³-hybridized carbons (Fsp3) is 0.400. The highest BCUT2D eigenvalue weighted by molar-refractivity contribution is 7.96. The molecule has 28 heavy (non-hydrogen) atoms. The van der Waals surface area contributed by atoms with Gasteiger partial charge in [-0.15, -0.1) is 0 Å². The van der Waals surface area contributed by atoms with E-state index in [9.17, 15) is 21.2 Å². The zero-order chi connectivity index (χ0) is 20.5. The summed E-state index contributed by atoms with van der Waals surface area (Å²) in [6.45, 7) is 4.30. The van der Waals surface area contributed by atoms with Gasteiger partial charge in [-0.3, -0.25) is 0 Å². The molecule has 3 rings (SSSR count). The average Bonchev–Trinajstić information content (AvgIpc) is 2.97. The van der Waals surface area contributed by atoms with E-state index < -0.39 is 36.7 Å². The highest BCUT2D eigenvalue weighted by atomic mass is 32.2. The van der Waals surface area contributed by atoms with Gasteiger partial charge in [-0.2, -0.15) is 0 Å². The van der Waals surface area contributed by atoms with Crippen LogP contribution in [0.25, 0.3) is 0 Å². The van der Waals surface area contributed by atoms with E-state index in [0.717, 1.165) is 11.1 Å². The molecular formula is C20H24FNO4S2. The summed E-state index contributed by atoms with van der Waals surface area (Å²) in [7, 11) is -7.28. The molecule has 2 atom stereocenters. The van der Waals surface area contributed by atoms with E-state index in [2.05, 4.69) is 5.32 Å². The van der Waals surface area contributed by atoms with Crippen molar-refractivity contribution in [1.29, 1.82) is 0 Å². The summed E-state index contributed by atoms with van der Waals surface area (Å²) < 4.78 is 63.6. The molecule has 0 amide bonds. The first-order chi connectivity index (χ1) is 13.1. The highest BCUT2D eigenvalue weighted by Gasteiger charge is 2.45. The molecule has 0 radical (unpaired) electrons. The number of halogens is 1. The zero-order valence-electron chi connectivity index (χ0n) is 15.8. The third kappa shape index (κ3) is 4.61. The summed E-state index contributed by atoms with van der Waals surface area (Å²) in [5, 5.41) is 1.99. The maximum Gasteiger partial charge on any atom is 0.183 e. The number of rotatable bonds is 6. The molecule has 8 heteroatoms. The van der Waals surface area contributed by atoms with Gasteiger partial charge in [-0.1, -0.05) is 38.1 Å². The summed E-state index contributed by atoms with van der Waals surface area (Å²) in [5.74, 6) is -0.726. The lowest BCUT2D eigenvalue weighted by molar-refractivity contribution is 0.525. The van der Waals surface area contributed by atoms with Crippen molar-refractivity contribution in [1.82, 2.24) is 5.32 Å². The van der Waals surface area contributed by atoms with Gasteiger partial charge in [0.05, 0.1) is 21.7 Å². The third-order valence-corrected chi connectivity index (χ3v) is 9.22. The SMILES string of the molecule is CC(C)c1ccc(S(=O)(=O)[C@H]2CS(=O)(=O)C[C@@H]2NCc2ccc(F)cc2)cc1. The van der Waals surface area contributed by atoms with Gasteiger partial charge < -0.3 is 5.32 Å². The first-order valence-electron chi connectivity index (χ1n) is 9.10. The van der Waals surface area contributed by atoms with Crippen LogP contribution in [-0.4, -0.2) is 39.6 Å². The standard InChI is InChI=1S/C20H24FNO4S2/c1-14(2)16-5-9-18(10-6-16)28(25,26)20-13-27(23,24)12-19(20)22-11-15-3-7-17(21)8-4-15/h3-10,14,19-20,22H,11-13H2,1-2H3/t19-,20-/m0/s1. The maximum atomic E-state index is 13.1. The van der Waals surface area contributed by atoms with Gasteiger partial charge in [-0.05, 0) is 41.3 Å². The van der Waals surface area contributed by atoms with Crippen molar-refractivity contribution in [2.24, 2.45) is 0 Å².